The van der Waals surface area contributed by atoms with Gasteiger partial charge in [-0.3, -0.25) is 4.90 Å². The minimum absolute atomic E-state index is 0.114. The van der Waals surface area contributed by atoms with E-state index in [4.69, 9.17) is 0 Å². The Kier molecular flexibility index (Phi) is 5.01. The standard InChI is InChI=1S/C22H29NO2/c1-13(2)17-7-6-8-18-20(17)12-23(21(18)22(24)25)11-19-15(4)9-14(3)10-16(19)5/h6-10,18,20-22,24-25H,1,11-12H2,2-5H3. The predicted octanol–water partition coefficient (Wildman–Crippen LogP) is 3.41. The fourth-order valence-electron chi connectivity index (χ4n) is 4.62. The van der Waals surface area contributed by atoms with Gasteiger partial charge in [0, 0.05) is 24.9 Å². The Balaban J connectivity index is 1.93. The summed E-state index contributed by atoms with van der Waals surface area (Å²) in [4.78, 5) is 2.23. The topological polar surface area (TPSA) is 43.7 Å². The van der Waals surface area contributed by atoms with Crippen LogP contribution >= 0.6 is 0 Å². The molecular formula is C22H29NO2. The van der Waals surface area contributed by atoms with Crippen LogP contribution in [-0.2, 0) is 6.54 Å². The zero-order valence-electron chi connectivity index (χ0n) is 15.7. The van der Waals surface area contributed by atoms with Gasteiger partial charge in [-0.2, -0.15) is 0 Å². The van der Waals surface area contributed by atoms with Gasteiger partial charge in [0.25, 0.3) is 0 Å². The van der Waals surface area contributed by atoms with Crippen LogP contribution in [0, 0.1) is 32.6 Å². The highest BCUT2D eigenvalue weighted by Gasteiger charge is 2.45. The molecule has 1 aromatic rings. The Labute approximate surface area is 151 Å². The predicted molar refractivity (Wildman–Crippen MR) is 102 cm³/mol. The normalized spacial score (nSPS) is 26.0. The lowest BCUT2D eigenvalue weighted by Gasteiger charge is -2.30. The summed E-state index contributed by atoms with van der Waals surface area (Å²) in [6.45, 7) is 14.1. The summed E-state index contributed by atoms with van der Waals surface area (Å²) in [7, 11) is 0. The number of hydrogen-bond donors (Lipinski definition) is 2. The van der Waals surface area contributed by atoms with Crippen LogP contribution in [-0.4, -0.2) is 34.0 Å². The molecule has 1 fully saturated rings. The lowest BCUT2D eigenvalue weighted by molar-refractivity contribution is -0.0990. The number of benzene rings is 1. The molecule has 1 aromatic carbocycles. The first-order valence-electron chi connectivity index (χ1n) is 9.00. The monoisotopic (exact) mass is 339 g/mol. The third-order valence-corrected chi connectivity index (χ3v) is 5.72. The van der Waals surface area contributed by atoms with Crippen molar-refractivity contribution in [3.63, 3.8) is 0 Å². The van der Waals surface area contributed by atoms with Crippen molar-refractivity contribution in [2.24, 2.45) is 11.8 Å². The van der Waals surface area contributed by atoms with Gasteiger partial charge in [0.1, 0.15) is 0 Å². The van der Waals surface area contributed by atoms with Crippen LogP contribution < -0.4 is 0 Å². The number of rotatable bonds is 4. The van der Waals surface area contributed by atoms with E-state index in [1.807, 2.05) is 13.0 Å². The highest BCUT2D eigenvalue weighted by atomic mass is 16.5. The van der Waals surface area contributed by atoms with Crippen LogP contribution in [0.3, 0.4) is 0 Å². The van der Waals surface area contributed by atoms with Crippen molar-refractivity contribution in [1.29, 1.82) is 0 Å². The summed E-state index contributed by atoms with van der Waals surface area (Å²) in [5, 5.41) is 20.2. The molecule has 2 N–H and O–H groups in total. The van der Waals surface area contributed by atoms with Crippen LogP contribution in [0.1, 0.15) is 29.2 Å². The molecule has 134 valence electrons. The largest absolute Gasteiger partial charge is 0.367 e. The molecule has 2 aliphatic rings. The summed E-state index contributed by atoms with van der Waals surface area (Å²) in [6.07, 6.45) is 4.92. The zero-order chi connectivity index (χ0) is 18.3. The Morgan fingerprint density at radius 3 is 2.44 bits per heavy atom. The first-order valence-corrected chi connectivity index (χ1v) is 9.00. The van der Waals surface area contributed by atoms with Crippen molar-refractivity contribution in [1.82, 2.24) is 4.90 Å². The summed E-state index contributed by atoms with van der Waals surface area (Å²) in [6, 6.07) is 4.12. The minimum atomic E-state index is -1.35. The Bertz CT molecular complexity index is 721. The van der Waals surface area contributed by atoms with Crippen LogP contribution in [0.2, 0.25) is 0 Å². The third-order valence-electron chi connectivity index (χ3n) is 5.72. The van der Waals surface area contributed by atoms with E-state index >= 15 is 0 Å². The quantitative estimate of drug-likeness (QED) is 0.826. The first-order chi connectivity index (χ1) is 11.8. The number of aliphatic hydroxyl groups excluding tert-OH is 1. The second kappa shape index (κ2) is 6.91. The molecule has 1 heterocycles. The highest BCUT2D eigenvalue weighted by Crippen LogP contribution is 2.42. The van der Waals surface area contributed by atoms with Crippen LogP contribution in [0.5, 0.6) is 0 Å². The van der Waals surface area contributed by atoms with Gasteiger partial charge in [0.05, 0.1) is 6.04 Å². The fourth-order valence-corrected chi connectivity index (χ4v) is 4.62. The van der Waals surface area contributed by atoms with E-state index in [0.29, 0.717) is 0 Å². The summed E-state index contributed by atoms with van der Waals surface area (Å²) in [5.41, 5.74) is 7.39. The van der Waals surface area contributed by atoms with Gasteiger partial charge in [-0.1, -0.05) is 48.1 Å². The van der Waals surface area contributed by atoms with Gasteiger partial charge in [-0.25, -0.2) is 0 Å². The average molecular weight is 339 g/mol. The lowest BCUT2D eigenvalue weighted by Crippen LogP contribution is -2.42. The molecule has 3 heteroatoms. The molecule has 3 unspecified atom stereocenters. The van der Waals surface area contributed by atoms with Crippen molar-refractivity contribution in [3.8, 4) is 0 Å². The van der Waals surface area contributed by atoms with Crippen molar-refractivity contribution in [2.45, 2.75) is 46.6 Å². The Morgan fingerprint density at radius 1 is 1.24 bits per heavy atom. The Morgan fingerprint density at radius 2 is 1.88 bits per heavy atom. The third kappa shape index (κ3) is 3.37. The van der Waals surface area contributed by atoms with E-state index < -0.39 is 6.29 Å². The molecule has 3 nitrogen and oxygen atoms in total. The van der Waals surface area contributed by atoms with Gasteiger partial charge >= 0.3 is 0 Å². The number of likely N-dealkylation sites (tertiary alicyclic amines) is 1. The van der Waals surface area contributed by atoms with Crippen LogP contribution in [0.4, 0.5) is 0 Å². The van der Waals surface area contributed by atoms with E-state index in [2.05, 4.69) is 56.5 Å². The van der Waals surface area contributed by atoms with E-state index in [9.17, 15) is 10.2 Å². The summed E-state index contributed by atoms with van der Waals surface area (Å²) >= 11 is 0. The van der Waals surface area contributed by atoms with E-state index in [0.717, 1.165) is 18.7 Å². The summed E-state index contributed by atoms with van der Waals surface area (Å²) in [5.74, 6) is 0.392. The SMILES string of the molecule is C=C(C)C1=CC=CC2C1CN(Cc1c(C)cc(C)cc1C)C2C(O)O. The average Bonchev–Trinajstić information content (AvgIpc) is 2.88. The van der Waals surface area contributed by atoms with Gasteiger partial charge in [-0.05, 0) is 50.0 Å². The van der Waals surface area contributed by atoms with Crippen molar-refractivity contribution in [3.05, 3.63) is 70.3 Å². The van der Waals surface area contributed by atoms with E-state index in [-0.39, 0.29) is 17.9 Å². The molecule has 0 radical (unpaired) electrons. The maximum atomic E-state index is 10.1. The molecular weight excluding hydrogens is 310 g/mol. The second-order valence-electron chi connectivity index (χ2n) is 7.68. The number of aryl methyl sites for hydroxylation is 3. The number of fused-ring (bicyclic) bond motifs is 1. The molecule has 0 amide bonds. The van der Waals surface area contributed by atoms with Crippen LogP contribution in [0.15, 0.2) is 48.1 Å². The van der Waals surface area contributed by atoms with Crippen molar-refractivity contribution < 1.29 is 10.2 Å². The zero-order valence-corrected chi connectivity index (χ0v) is 15.7. The minimum Gasteiger partial charge on any atom is -0.367 e. The molecule has 0 bridgehead atoms. The molecule has 0 spiro atoms. The fraction of sp³-hybridized carbons (Fsp3) is 0.455. The second-order valence-corrected chi connectivity index (χ2v) is 7.68. The summed E-state index contributed by atoms with van der Waals surface area (Å²) < 4.78 is 0. The number of allylic oxidation sites excluding steroid dienone is 3. The lowest BCUT2D eigenvalue weighted by atomic mass is 9.79. The molecule has 0 aromatic heterocycles. The molecule has 1 aliphatic heterocycles. The van der Waals surface area contributed by atoms with Crippen molar-refractivity contribution in [2.75, 3.05) is 6.54 Å². The maximum absolute atomic E-state index is 10.1. The molecule has 3 rings (SSSR count). The molecule has 0 saturated carbocycles. The molecule has 25 heavy (non-hydrogen) atoms. The number of hydrogen-bond acceptors (Lipinski definition) is 3. The van der Waals surface area contributed by atoms with Gasteiger partial charge in [-0.15, -0.1) is 0 Å². The first kappa shape index (κ1) is 18.1. The molecule has 1 aliphatic carbocycles. The van der Waals surface area contributed by atoms with Gasteiger partial charge in [0.15, 0.2) is 6.29 Å². The highest BCUT2D eigenvalue weighted by molar-refractivity contribution is 5.40. The van der Waals surface area contributed by atoms with Crippen LogP contribution in [0.25, 0.3) is 0 Å². The maximum Gasteiger partial charge on any atom is 0.167 e. The van der Waals surface area contributed by atoms with E-state index in [1.165, 1.54) is 27.8 Å². The van der Waals surface area contributed by atoms with Gasteiger partial charge < -0.3 is 10.2 Å². The molecule has 3 atom stereocenters. The number of aliphatic hydroxyl groups is 2. The van der Waals surface area contributed by atoms with Gasteiger partial charge in [0.2, 0.25) is 0 Å². The van der Waals surface area contributed by atoms with Crippen molar-refractivity contribution >= 4 is 0 Å². The Hall–Kier alpha value is -1.68. The van der Waals surface area contributed by atoms with E-state index in [1.54, 1.807) is 0 Å². The number of nitrogens with zero attached hydrogens (tertiary/aromatic N) is 1. The smallest absolute Gasteiger partial charge is 0.167 e. The molecule has 1 saturated heterocycles.